The van der Waals surface area contributed by atoms with Crippen molar-refractivity contribution in [3.8, 4) is 0 Å². The lowest BCUT2D eigenvalue weighted by Crippen LogP contribution is -2.49. The van der Waals surface area contributed by atoms with E-state index in [1.165, 1.54) is 12.5 Å². The van der Waals surface area contributed by atoms with Crippen molar-refractivity contribution in [1.29, 1.82) is 0 Å². The fourth-order valence-corrected chi connectivity index (χ4v) is 3.14. The van der Waals surface area contributed by atoms with E-state index in [0.717, 1.165) is 17.2 Å². The van der Waals surface area contributed by atoms with Gasteiger partial charge in [0.1, 0.15) is 35.1 Å². The molecule has 0 spiro atoms. The Hall–Kier alpha value is -3.49. The molecule has 1 fully saturated rings. The minimum atomic E-state index is -0.0473. The number of amides is 1. The third-order valence-electron chi connectivity index (χ3n) is 4.70. The van der Waals surface area contributed by atoms with E-state index in [2.05, 4.69) is 30.3 Å². The first-order valence-corrected chi connectivity index (χ1v) is 9.07. The van der Waals surface area contributed by atoms with E-state index in [0.29, 0.717) is 43.3 Å². The fourth-order valence-electron chi connectivity index (χ4n) is 3.14. The predicted molar refractivity (Wildman–Crippen MR) is 104 cm³/mol. The Kier molecular flexibility index (Phi) is 4.88. The van der Waals surface area contributed by atoms with Gasteiger partial charge in [0.25, 0.3) is 5.91 Å². The molecule has 0 unspecified atom stereocenters. The van der Waals surface area contributed by atoms with Gasteiger partial charge in [-0.2, -0.15) is 0 Å². The monoisotopic (exact) mass is 379 g/mol. The second-order valence-electron chi connectivity index (χ2n) is 6.68. The van der Waals surface area contributed by atoms with Gasteiger partial charge in [-0.15, -0.1) is 0 Å². The molecular weight excluding hydrogens is 358 g/mol. The van der Waals surface area contributed by atoms with Gasteiger partial charge in [0.05, 0.1) is 6.20 Å². The summed E-state index contributed by atoms with van der Waals surface area (Å²) in [5, 5.41) is 6.89. The van der Waals surface area contributed by atoms with E-state index in [4.69, 9.17) is 4.52 Å². The van der Waals surface area contributed by atoms with Crippen molar-refractivity contribution in [1.82, 2.24) is 25.0 Å². The zero-order chi connectivity index (χ0) is 19.5. The molecule has 1 N–H and O–H groups in total. The van der Waals surface area contributed by atoms with E-state index in [9.17, 15) is 4.79 Å². The minimum absolute atomic E-state index is 0.0473. The molecule has 9 heteroatoms. The molecule has 144 valence electrons. The minimum Gasteiger partial charge on any atom is -0.361 e. The third-order valence-corrected chi connectivity index (χ3v) is 4.70. The van der Waals surface area contributed by atoms with Crippen molar-refractivity contribution < 1.29 is 9.32 Å². The number of nitrogens with zero attached hydrogens (tertiary/aromatic N) is 6. The van der Waals surface area contributed by atoms with Gasteiger partial charge >= 0.3 is 0 Å². The first-order valence-electron chi connectivity index (χ1n) is 9.07. The van der Waals surface area contributed by atoms with Gasteiger partial charge in [0.2, 0.25) is 0 Å². The number of carbonyl (C=O) groups excluding carboxylic acids is 1. The Balaban J connectivity index is 1.41. The predicted octanol–water partition coefficient (Wildman–Crippen LogP) is 2.18. The molecule has 0 aliphatic carbocycles. The number of piperazine rings is 1. The Morgan fingerprint density at radius 3 is 2.57 bits per heavy atom. The van der Waals surface area contributed by atoms with Crippen molar-refractivity contribution in [3.63, 3.8) is 0 Å². The van der Waals surface area contributed by atoms with Crippen molar-refractivity contribution in [2.75, 3.05) is 36.4 Å². The molecule has 0 radical (unpaired) electrons. The zero-order valence-electron chi connectivity index (χ0n) is 15.8. The van der Waals surface area contributed by atoms with E-state index < -0.39 is 0 Å². The van der Waals surface area contributed by atoms with Gasteiger partial charge in [-0.25, -0.2) is 15.0 Å². The van der Waals surface area contributed by atoms with Gasteiger partial charge < -0.3 is 19.6 Å². The highest BCUT2D eigenvalue weighted by molar-refractivity contribution is 5.94. The number of pyridine rings is 1. The number of aryl methyl sites for hydroxylation is 2. The summed E-state index contributed by atoms with van der Waals surface area (Å²) < 4.78 is 5.00. The summed E-state index contributed by atoms with van der Waals surface area (Å²) in [6.45, 7) is 6.35. The topological polar surface area (TPSA) is 100 Å². The summed E-state index contributed by atoms with van der Waals surface area (Å²) in [5.74, 6) is 2.74. The van der Waals surface area contributed by atoms with Crippen LogP contribution in [0.3, 0.4) is 0 Å². The van der Waals surface area contributed by atoms with Crippen LogP contribution in [0.1, 0.15) is 21.7 Å². The van der Waals surface area contributed by atoms with Crippen LogP contribution in [0.2, 0.25) is 0 Å². The highest BCUT2D eigenvalue weighted by Crippen LogP contribution is 2.20. The van der Waals surface area contributed by atoms with Crippen LogP contribution in [0.5, 0.6) is 0 Å². The first-order chi connectivity index (χ1) is 13.6. The van der Waals surface area contributed by atoms with Gasteiger partial charge in [0.15, 0.2) is 0 Å². The lowest BCUT2D eigenvalue weighted by atomic mass is 10.2. The Morgan fingerprint density at radius 1 is 1.07 bits per heavy atom. The van der Waals surface area contributed by atoms with Crippen molar-refractivity contribution >= 4 is 23.4 Å². The molecule has 0 saturated carbocycles. The largest absolute Gasteiger partial charge is 0.361 e. The Labute approximate surface area is 162 Å². The number of nitrogens with one attached hydrogen (secondary N) is 1. The second-order valence-corrected chi connectivity index (χ2v) is 6.68. The molecule has 4 heterocycles. The Morgan fingerprint density at radius 2 is 1.86 bits per heavy atom. The molecular formula is C19H21N7O2. The summed E-state index contributed by atoms with van der Waals surface area (Å²) >= 11 is 0. The van der Waals surface area contributed by atoms with E-state index >= 15 is 0 Å². The van der Waals surface area contributed by atoms with Gasteiger partial charge in [-0.05, 0) is 31.5 Å². The average Bonchev–Trinajstić information content (AvgIpc) is 3.14. The van der Waals surface area contributed by atoms with Crippen LogP contribution in [-0.2, 0) is 0 Å². The highest BCUT2D eigenvalue weighted by Gasteiger charge is 2.25. The zero-order valence-corrected chi connectivity index (χ0v) is 15.8. The molecule has 0 bridgehead atoms. The first kappa shape index (κ1) is 17.9. The van der Waals surface area contributed by atoms with Crippen molar-refractivity contribution in [3.05, 3.63) is 53.8 Å². The summed E-state index contributed by atoms with van der Waals surface area (Å²) in [6.07, 6.45) is 4.77. The SMILES string of the molecule is Cc1ccnc(Nc2cc(N3CCN(C(=O)c4cnoc4C)CC3)ncn2)c1. The molecule has 1 amide bonds. The molecule has 1 aliphatic heterocycles. The van der Waals surface area contributed by atoms with E-state index in [1.807, 2.05) is 30.0 Å². The molecule has 28 heavy (non-hydrogen) atoms. The summed E-state index contributed by atoms with van der Waals surface area (Å²) in [4.78, 5) is 29.5. The molecule has 0 atom stereocenters. The lowest BCUT2D eigenvalue weighted by Gasteiger charge is -2.35. The maximum Gasteiger partial charge on any atom is 0.259 e. The standard InChI is InChI=1S/C19H21N7O2/c1-13-3-4-20-16(9-13)24-17-10-18(22-12-21-17)25-5-7-26(8-6-25)19(27)15-11-23-28-14(15)2/h3-4,9-12H,5-8H2,1-2H3,(H,20,21,22,24). The third kappa shape index (κ3) is 3.78. The molecule has 3 aromatic heterocycles. The van der Waals surface area contributed by atoms with Crippen LogP contribution >= 0.6 is 0 Å². The van der Waals surface area contributed by atoms with Crippen LogP contribution in [0.4, 0.5) is 17.5 Å². The van der Waals surface area contributed by atoms with Crippen LogP contribution < -0.4 is 10.2 Å². The molecule has 1 aliphatic rings. The quantitative estimate of drug-likeness (QED) is 0.736. The smallest absolute Gasteiger partial charge is 0.259 e. The van der Waals surface area contributed by atoms with Gasteiger partial charge in [-0.3, -0.25) is 4.79 Å². The highest BCUT2D eigenvalue weighted by atomic mass is 16.5. The second kappa shape index (κ2) is 7.63. The number of hydrogen-bond acceptors (Lipinski definition) is 8. The van der Waals surface area contributed by atoms with Crippen molar-refractivity contribution in [2.45, 2.75) is 13.8 Å². The number of aromatic nitrogens is 4. The van der Waals surface area contributed by atoms with Crippen LogP contribution in [-0.4, -0.2) is 57.1 Å². The molecule has 1 saturated heterocycles. The van der Waals surface area contributed by atoms with Gasteiger partial charge in [-0.1, -0.05) is 5.16 Å². The summed E-state index contributed by atoms with van der Waals surface area (Å²) in [7, 11) is 0. The maximum atomic E-state index is 12.6. The maximum absolute atomic E-state index is 12.6. The fraction of sp³-hybridized carbons (Fsp3) is 0.316. The lowest BCUT2D eigenvalue weighted by molar-refractivity contribution is 0.0744. The van der Waals surface area contributed by atoms with Crippen LogP contribution in [0.15, 0.2) is 41.4 Å². The van der Waals surface area contributed by atoms with Gasteiger partial charge in [0, 0.05) is 38.4 Å². The van der Waals surface area contributed by atoms with Crippen LogP contribution in [0, 0.1) is 13.8 Å². The van der Waals surface area contributed by atoms with Crippen molar-refractivity contribution in [2.24, 2.45) is 0 Å². The molecule has 9 nitrogen and oxygen atoms in total. The average molecular weight is 379 g/mol. The normalized spacial score (nSPS) is 14.2. The molecule has 0 aromatic carbocycles. The number of hydrogen-bond donors (Lipinski definition) is 1. The number of anilines is 3. The molecule has 3 aromatic rings. The van der Waals surface area contributed by atoms with E-state index in [-0.39, 0.29) is 5.91 Å². The molecule has 4 rings (SSSR count). The number of rotatable bonds is 4. The Bertz CT molecular complexity index is 980. The number of carbonyl (C=O) groups is 1. The van der Waals surface area contributed by atoms with Crippen LogP contribution in [0.25, 0.3) is 0 Å². The summed E-state index contributed by atoms with van der Waals surface area (Å²) in [6, 6.07) is 5.79. The summed E-state index contributed by atoms with van der Waals surface area (Å²) in [5.41, 5.74) is 1.64. The van der Waals surface area contributed by atoms with E-state index in [1.54, 1.807) is 13.1 Å².